The summed E-state index contributed by atoms with van der Waals surface area (Å²) in [6, 6.07) is 8.19. The largest absolute Gasteiger partial charge is 0.493 e. The van der Waals surface area contributed by atoms with Gasteiger partial charge in [-0.2, -0.15) is 0 Å². The molecule has 1 unspecified atom stereocenters. The van der Waals surface area contributed by atoms with E-state index in [0.717, 1.165) is 18.6 Å². The molecular weight excluding hydrogens is 214 g/mol. The van der Waals surface area contributed by atoms with Gasteiger partial charge in [-0.05, 0) is 25.0 Å². The number of benzene rings is 1. The van der Waals surface area contributed by atoms with Crippen molar-refractivity contribution in [1.29, 1.82) is 0 Å². The van der Waals surface area contributed by atoms with Crippen molar-refractivity contribution >= 4 is 0 Å². The second kappa shape index (κ2) is 8.09. The first kappa shape index (κ1) is 14.0. The molecule has 17 heavy (non-hydrogen) atoms. The van der Waals surface area contributed by atoms with Gasteiger partial charge in [0.05, 0.1) is 13.2 Å². The number of ether oxygens (including phenoxy) is 2. The molecule has 0 aromatic heterocycles. The molecule has 0 spiro atoms. The number of para-hydroxylation sites is 1. The van der Waals surface area contributed by atoms with E-state index in [1.807, 2.05) is 31.2 Å². The van der Waals surface area contributed by atoms with E-state index >= 15 is 0 Å². The highest BCUT2D eigenvalue weighted by Crippen LogP contribution is 2.16. The Labute approximate surface area is 104 Å². The maximum absolute atomic E-state index is 5.74. The van der Waals surface area contributed by atoms with Gasteiger partial charge < -0.3 is 15.2 Å². The molecule has 3 heteroatoms. The fourth-order valence-corrected chi connectivity index (χ4v) is 1.41. The maximum atomic E-state index is 5.74. The fourth-order valence-electron chi connectivity index (χ4n) is 1.41. The highest BCUT2D eigenvalue weighted by Gasteiger charge is 1.99. The van der Waals surface area contributed by atoms with Gasteiger partial charge in [-0.15, -0.1) is 0 Å². The SMILES string of the molecule is CCC(N)COCCCOc1ccccc1C. The summed E-state index contributed by atoms with van der Waals surface area (Å²) in [4.78, 5) is 0. The van der Waals surface area contributed by atoms with Crippen LogP contribution < -0.4 is 10.5 Å². The van der Waals surface area contributed by atoms with Crippen LogP contribution in [-0.4, -0.2) is 25.9 Å². The lowest BCUT2D eigenvalue weighted by Crippen LogP contribution is -2.25. The monoisotopic (exact) mass is 237 g/mol. The molecule has 1 aromatic rings. The summed E-state index contributed by atoms with van der Waals surface area (Å²) in [6.07, 6.45) is 1.85. The first-order valence-corrected chi connectivity index (χ1v) is 6.25. The zero-order chi connectivity index (χ0) is 12.5. The van der Waals surface area contributed by atoms with Gasteiger partial charge in [-0.25, -0.2) is 0 Å². The minimum Gasteiger partial charge on any atom is -0.493 e. The minimum absolute atomic E-state index is 0.160. The lowest BCUT2D eigenvalue weighted by molar-refractivity contribution is 0.107. The normalized spacial score (nSPS) is 12.4. The minimum atomic E-state index is 0.160. The van der Waals surface area contributed by atoms with E-state index in [-0.39, 0.29) is 6.04 Å². The summed E-state index contributed by atoms with van der Waals surface area (Å²) in [5.74, 6) is 0.956. The van der Waals surface area contributed by atoms with E-state index in [2.05, 4.69) is 6.92 Å². The number of rotatable bonds is 8. The van der Waals surface area contributed by atoms with E-state index < -0.39 is 0 Å². The second-order valence-electron chi connectivity index (χ2n) is 4.21. The summed E-state index contributed by atoms with van der Waals surface area (Å²) in [6.45, 7) is 6.15. The standard InChI is InChI=1S/C14H23NO2/c1-3-13(15)11-16-9-6-10-17-14-8-5-4-7-12(14)2/h4-5,7-8,13H,3,6,9-11,15H2,1-2H3. The second-order valence-corrected chi connectivity index (χ2v) is 4.21. The van der Waals surface area contributed by atoms with Gasteiger partial charge in [-0.1, -0.05) is 25.1 Å². The van der Waals surface area contributed by atoms with Crippen molar-refractivity contribution in [2.75, 3.05) is 19.8 Å². The molecule has 2 N–H and O–H groups in total. The Balaban J connectivity index is 2.07. The molecule has 0 aliphatic carbocycles. The number of hydrogen-bond donors (Lipinski definition) is 1. The molecule has 1 atom stereocenters. The van der Waals surface area contributed by atoms with Gasteiger partial charge >= 0.3 is 0 Å². The number of nitrogens with two attached hydrogens (primary N) is 1. The van der Waals surface area contributed by atoms with Gasteiger partial charge in [0.1, 0.15) is 5.75 Å². The Morgan fingerprint density at radius 1 is 1.24 bits per heavy atom. The van der Waals surface area contributed by atoms with E-state index in [0.29, 0.717) is 19.8 Å². The van der Waals surface area contributed by atoms with Crippen molar-refractivity contribution in [2.24, 2.45) is 5.73 Å². The third-order valence-corrected chi connectivity index (χ3v) is 2.64. The van der Waals surface area contributed by atoms with Crippen molar-refractivity contribution in [1.82, 2.24) is 0 Å². The van der Waals surface area contributed by atoms with Crippen LogP contribution in [0.2, 0.25) is 0 Å². The van der Waals surface area contributed by atoms with E-state index in [1.54, 1.807) is 0 Å². The van der Waals surface area contributed by atoms with Crippen LogP contribution in [0, 0.1) is 6.92 Å². The Hall–Kier alpha value is -1.06. The highest BCUT2D eigenvalue weighted by molar-refractivity contribution is 5.31. The average Bonchev–Trinajstić information content (AvgIpc) is 2.35. The van der Waals surface area contributed by atoms with E-state index in [9.17, 15) is 0 Å². The molecule has 96 valence electrons. The molecule has 0 aliphatic heterocycles. The van der Waals surface area contributed by atoms with Crippen LogP contribution in [0.3, 0.4) is 0 Å². The molecular formula is C14H23NO2. The third kappa shape index (κ3) is 5.71. The Morgan fingerprint density at radius 2 is 2.00 bits per heavy atom. The quantitative estimate of drug-likeness (QED) is 0.707. The Morgan fingerprint density at radius 3 is 2.71 bits per heavy atom. The lowest BCUT2D eigenvalue weighted by Gasteiger charge is -2.11. The van der Waals surface area contributed by atoms with E-state index in [1.165, 1.54) is 5.56 Å². The zero-order valence-electron chi connectivity index (χ0n) is 10.8. The summed E-state index contributed by atoms with van der Waals surface area (Å²) < 4.78 is 11.1. The van der Waals surface area contributed by atoms with Crippen molar-refractivity contribution in [3.05, 3.63) is 29.8 Å². The Kier molecular flexibility index (Phi) is 6.67. The smallest absolute Gasteiger partial charge is 0.122 e. The molecule has 0 saturated heterocycles. The van der Waals surface area contributed by atoms with Gasteiger partial charge in [-0.3, -0.25) is 0 Å². The van der Waals surface area contributed by atoms with Crippen LogP contribution >= 0.6 is 0 Å². The van der Waals surface area contributed by atoms with Crippen molar-refractivity contribution in [3.8, 4) is 5.75 Å². The van der Waals surface area contributed by atoms with Crippen molar-refractivity contribution in [3.63, 3.8) is 0 Å². The molecule has 0 fully saturated rings. The molecule has 0 saturated carbocycles. The van der Waals surface area contributed by atoms with E-state index in [4.69, 9.17) is 15.2 Å². The van der Waals surface area contributed by atoms with Crippen molar-refractivity contribution < 1.29 is 9.47 Å². The molecule has 0 radical (unpaired) electrons. The van der Waals surface area contributed by atoms with Crippen LogP contribution in [-0.2, 0) is 4.74 Å². The third-order valence-electron chi connectivity index (χ3n) is 2.64. The predicted octanol–water partition coefficient (Wildman–Crippen LogP) is 2.52. The van der Waals surface area contributed by atoms with Gasteiger partial charge in [0.15, 0.2) is 0 Å². The molecule has 0 aliphatic rings. The molecule has 0 bridgehead atoms. The van der Waals surface area contributed by atoms with Crippen LogP contribution in [0.15, 0.2) is 24.3 Å². The molecule has 0 heterocycles. The number of aryl methyl sites for hydroxylation is 1. The molecule has 1 rings (SSSR count). The summed E-state index contributed by atoms with van der Waals surface area (Å²) in [7, 11) is 0. The molecule has 1 aromatic carbocycles. The van der Waals surface area contributed by atoms with Gasteiger partial charge in [0.25, 0.3) is 0 Å². The van der Waals surface area contributed by atoms with Gasteiger partial charge in [0, 0.05) is 19.1 Å². The summed E-state index contributed by atoms with van der Waals surface area (Å²) in [5, 5.41) is 0. The van der Waals surface area contributed by atoms with Crippen LogP contribution in [0.25, 0.3) is 0 Å². The van der Waals surface area contributed by atoms with Crippen LogP contribution in [0.1, 0.15) is 25.3 Å². The summed E-state index contributed by atoms with van der Waals surface area (Å²) >= 11 is 0. The average molecular weight is 237 g/mol. The van der Waals surface area contributed by atoms with Crippen LogP contribution in [0.5, 0.6) is 5.75 Å². The predicted molar refractivity (Wildman–Crippen MR) is 70.4 cm³/mol. The lowest BCUT2D eigenvalue weighted by atomic mass is 10.2. The van der Waals surface area contributed by atoms with Gasteiger partial charge in [0.2, 0.25) is 0 Å². The zero-order valence-corrected chi connectivity index (χ0v) is 10.8. The Bertz CT molecular complexity index is 315. The fraction of sp³-hybridized carbons (Fsp3) is 0.571. The topological polar surface area (TPSA) is 44.5 Å². The first-order chi connectivity index (χ1) is 8.24. The first-order valence-electron chi connectivity index (χ1n) is 6.25. The maximum Gasteiger partial charge on any atom is 0.122 e. The molecule has 3 nitrogen and oxygen atoms in total. The number of hydrogen-bond acceptors (Lipinski definition) is 3. The molecule has 0 amide bonds. The highest BCUT2D eigenvalue weighted by atomic mass is 16.5. The summed E-state index contributed by atoms with van der Waals surface area (Å²) in [5.41, 5.74) is 6.91. The van der Waals surface area contributed by atoms with Crippen molar-refractivity contribution in [2.45, 2.75) is 32.7 Å². The van der Waals surface area contributed by atoms with Crippen LogP contribution in [0.4, 0.5) is 0 Å².